The van der Waals surface area contributed by atoms with Crippen molar-refractivity contribution < 1.29 is 12.8 Å². The molecule has 2 aromatic carbocycles. The maximum Gasteiger partial charge on any atom is 0.262 e. The summed E-state index contributed by atoms with van der Waals surface area (Å²) in [7, 11) is -3.79. The summed E-state index contributed by atoms with van der Waals surface area (Å²) >= 11 is 0. The second-order valence-corrected chi connectivity index (χ2v) is 6.52. The first-order valence-corrected chi connectivity index (χ1v) is 7.90. The highest BCUT2D eigenvalue weighted by Crippen LogP contribution is 2.23. The number of benzene rings is 2. The first-order valence-electron chi connectivity index (χ1n) is 6.42. The molecule has 0 saturated heterocycles. The van der Waals surface area contributed by atoms with Crippen molar-refractivity contribution >= 4 is 15.7 Å². The Kier molecular flexibility index (Phi) is 4.29. The maximum absolute atomic E-state index is 13.3. The number of aryl methyl sites for hydroxylation is 2. The Morgan fingerprint density at radius 3 is 2.43 bits per heavy atom. The third kappa shape index (κ3) is 3.40. The van der Waals surface area contributed by atoms with Crippen LogP contribution in [0.5, 0.6) is 0 Å². The standard InChI is InChI=1S/C15H17FN2O2S/c1-10-4-6-13(16)8-14(10)18-21(19,20)15-7-12(9-17)5-3-11(15)2/h3-8,18H,9,17H2,1-2H3. The zero-order valence-electron chi connectivity index (χ0n) is 11.9. The predicted molar refractivity (Wildman–Crippen MR) is 81.0 cm³/mol. The quantitative estimate of drug-likeness (QED) is 0.912. The van der Waals surface area contributed by atoms with Gasteiger partial charge in [0.05, 0.1) is 10.6 Å². The molecule has 0 aliphatic carbocycles. The Bertz CT molecular complexity index is 773. The molecule has 2 aromatic rings. The van der Waals surface area contributed by atoms with E-state index in [0.717, 1.165) is 11.6 Å². The average Bonchev–Trinajstić information content (AvgIpc) is 2.43. The molecule has 4 nitrogen and oxygen atoms in total. The Labute approximate surface area is 123 Å². The van der Waals surface area contributed by atoms with E-state index in [2.05, 4.69) is 4.72 Å². The first kappa shape index (κ1) is 15.5. The minimum absolute atomic E-state index is 0.147. The van der Waals surface area contributed by atoms with Gasteiger partial charge in [0.2, 0.25) is 0 Å². The summed E-state index contributed by atoms with van der Waals surface area (Å²) in [6, 6.07) is 8.99. The van der Waals surface area contributed by atoms with Crippen LogP contribution in [0, 0.1) is 19.7 Å². The molecule has 21 heavy (non-hydrogen) atoms. The predicted octanol–water partition coefficient (Wildman–Crippen LogP) is 2.70. The van der Waals surface area contributed by atoms with Crippen molar-refractivity contribution in [2.75, 3.05) is 4.72 Å². The largest absolute Gasteiger partial charge is 0.326 e. The van der Waals surface area contributed by atoms with Crippen LogP contribution in [0.25, 0.3) is 0 Å². The van der Waals surface area contributed by atoms with Crippen molar-refractivity contribution in [3.63, 3.8) is 0 Å². The summed E-state index contributed by atoms with van der Waals surface area (Å²) in [5, 5.41) is 0. The summed E-state index contributed by atoms with van der Waals surface area (Å²) in [5.74, 6) is -0.495. The molecule has 0 fully saturated rings. The normalized spacial score (nSPS) is 11.4. The molecule has 3 N–H and O–H groups in total. The van der Waals surface area contributed by atoms with Crippen LogP contribution in [-0.4, -0.2) is 8.42 Å². The SMILES string of the molecule is Cc1ccc(F)cc1NS(=O)(=O)c1cc(CN)ccc1C. The molecule has 112 valence electrons. The Morgan fingerprint density at radius 2 is 1.76 bits per heavy atom. The van der Waals surface area contributed by atoms with Crippen molar-refractivity contribution in [1.29, 1.82) is 0 Å². The lowest BCUT2D eigenvalue weighted by Gasteiger charge is -2.13. The van der Waals surface area contributed by atoms with Gasteiger partial charge in [-0.2, -0.15) is 0 Å². The van der Waals surface area contributed by atoms with Crippen molar-refractivity contribution in [3.8, 4) is 0 Å². The molecular weight excluding hydrogens is 291 g/mol. The molecule has 0 bridgehead atoms. The summed E-state index contributed by atoms with van der Waals surface area (Å²) in [6.45, 7) is 3.66. The molecule has 0 radical (unpaired) electrons. The number of sulfonamides is 1. The third-order valence-electron chi connectivity index (χ3n) is 3.22. The van der Waals surface area contributed by atoms with E-state index in [1.165, 1.54) is 18.2 Å². The first-order chi connectivity index (χ1) is 9.83. The van der Waals surface area contributed by atoms with Gasteiger partial charge in [-0.1, -0.05) is 18.2 Å². The second kappa shape index (κ2) is 5.83. The minimum atomic E-state index is -3.79. The fraction of sp³-hybridized carbons (Fsp3) is 0.200. The van der Waals surface area contributed by atoms with E-state index in [1.807, 2.05) is 0 Å². The van der Waals surface area contributed by atoms with Gasteiger partial charge in [-0.15, -0.1) is 0 Å². The van der Waals surface area contributed by atoms with Gasteiger partial charge in [0, 0.05) is 6.54 Å². The van der Waals surface area contributed by atoms with Crippen molar-refractivity contribution in [2.45, 2.75) is 25.3 Å². The summed E-state index contributed by atoms with van der Waals surface area (Å²) in [5.41, 5.74) is 7.74. The smallest absolute Gasteiger partial charge is 0.262 e. The van der Waals surface area contributed by atoms with Crippen LogP contribution in [0.15, 0.2) is 41.3 Å². The van der Waals surface area contributed by atoms with Crippen molar-refractivity contribution in [2.24, 2.45) is 5.73 Å². The van der Waals surface area contributed by atoms with E-state index in [4.69, 9.17) is 5.73 Å². The van der Waals surface area contributed by atoms with Gasteiger partial charge in [0.15, 0.2) is 0 Å². The van der Waals surface area contributed by atoms with Crippen molar-refractivity contribution in [1.82, 2.24) is 0 Å². The van der Waals surface area contributed by atoms with Gasteiger partial charge in [-0.3, -0.25) is 4.72 Å². The van der Waals surface area contributed by atoms with Crippen LogP contribution >= 0.6 is 0 Å². The van der Waals surface area contributed by atoms with Crippen molar-refractivity contribution in [3.05, 3.63) is 58.9 Å². The zero-order chi connectivity index (χ0) is 15.6. The van der Waals surface area contributed by atoms with E-state index < -0.39 is 15.8 Å². The molecule has 2 rings (SSSR count). The van der Waals surface area contributed by atoms with Gasteiger partial charge in [0.25, 0.3) is 10.0 Å². The highest BCUT2D eigenvalue weighted by atomic mass is 32.2. The number of nitrogens with two attached hydrogens (primary N) is 1. The van der Waals surface area contributed by atoms with Gasteiger partial charge in [-0.05, 0) is 48.7 Å². The third-order valence-corrected chi connectivity index (χ3v) is 4.73. The van der Waals surface area contributed by atoms with E-state index in [0.29, 0.717) is 11.1 Å². The lowest BCUT2D eigenvalue weighted by atomic mass is 10.1. The number of hydrogen-bond donors (Lipinski definition) is 2. The minimum Gasteiger partial charge on any atom is -0.326 e. The molecule has 0 atom stereocenters. The fourth-order valence-electron chi connectivity index (χ4n) is 1.96. The Balaban J connectivity index is 2.45. The highest BCUT2D eigenvalue weighted by molar-refractivity contribution is 7.92. The monoisotopic (exact) mass is 308 g/mol. The molecule has 0 aliphatic rings. The lowest BCUT2D eigenvalue weighted by Crippen LogP contribution is -2.16. The van der Waals surface area contributed by atoms with Crippen LogP contribution < -0.4 is 10.5 Å². The van der Waals surface area contributed by atoms with Gasteiger partial charge in [-0.25, -0.2) is 12.8 Å². The van der Waals surface area contributed by atoms with Crippen LogP contribution in [0.1, 0.15) is 16.7 Å². The van der Waals surface area contributed by atoms with E-state index in [-0.39, 0.29) is 17.1 Å². The van der Waals surface area contributed by atoms with E-state index in [1.54, 1.807) is 26.0 Å². The average molecular weight is 308 g/mol. The molecule has 0 unspecified atom stereocenters. The van der Waals surface area contributed by atoms with Crippen LogP contribution in [-0.2, 0) is 16.6 Å². The Hall–Kier alpha value is -1.92. The summed E-state index contributed by atoms with van der Waals surface area (Å²) in [4.78, 5) is 0.147. The van der Waals surface area contributed by atoms with Gasteiger partial charge in [0.1, 0.15) is 5.82 Å². The topological polar surface area (TPSA) is 72.2 Å². The number of rotatable bonds is 4. The molecule has 0 aliphatic heterocycles. The van der Waals surface area contributed by atoms with Crippen LogP contribution in [0.2, 0.25) is 0 Å². The molecule has 0 saturated carbocycles. The van der Waals surface area contributed by atoms with E-state index >= 15 is 0 Å². The summed E-state index contributed by atoms with van der Waals surface area (Å²) < 4.78 is 40.7. The van der Waals surface area contributed by atoms with Crippen LogP contribution in [0.3, 0.4) is 0 Å². The van der Waals surface area contributed by atoms with Gasteiger partial charge < -0.3 is 5.73 Å². The number of anilines is 1. The number of nitrogens with one attached hydrogen (secondary N) is 1. The fourth-order valence-corrected chi connectivity index (χ4v) is 3.38. The molecule has 0 spiro atoms. The molecule has 0 heterocycles. The molecule has 6 heteroatoms. The Morgan fingerprint density at radius 1 is 1.10 bits per heavy atom. The van der Waals surface area contributed by atoms with Crippen LogP contribution in [0.4, 0.5) is 10.1 Å². The lowest BCUT2D eigenvalue weighted by molar-refractivity contribution is 0.600. The molecular formula is C15H17FN2O2S. The van der Waals surface area contributed by atoms with E-state index in [9.17, 15) is 12.8 Å². The number of halogens is 1. The maximum atomic E-state index is 13.3. The highest BCUT2D eigenvalue weighted by Gasteiger charge is 2.18. The molecule has 0 amide bonds. The zero-order valence-corrected chi connectivity index (χ0v) is 12.7. The molecule has 0 aromatic heterocycles. The summed E-state index contributed by atoms with van der Waals surface area (Å²) in [6.07, 6.45) is 0. The number of hydrogen-bond acceptors (Lipinski definition) is 3. The van der Waals surface area contributed by atoms with Gasteiger partial charge >= 0.3 is 0 Å². The second-order valence-electron chi connectivity index (χ2n) is 4.87.